The van der Waals surface area contributed by atoms with E-state index in [-0.39, 0.29) is 5.41 Å². The molecule has 0 radical (unpaired) electrons. The third kappa shape index (κ3) is 4.19. The molecule has 1 aromatic heterocycles. The van der Waals surface area contributed by atoms with Gasteiger partial charge in [-0.05, 0) is 24.7 Å². The van der Waals surface area contributed by atoms with E-state index in [2.05, 4.69) is 26.1 Å². The van der Waals surface area contributed by atoms with Gasteiger partial charge in [0.2, 0.25) is 0 Å². The molecule has 0 aliphatic rings. The molecule has 2 nitrogen and oxygen atoms in total. The molecule has 2 rings (SSSR count). The van der Waals surface area contributed by atoms with Crippen LogP contribution >= 0.6 is 34.5 Å². The smallest absolute Gasteiger partial charge is 0.0976 e. The van der Waals surface area contributed by atoms with Crippen molar-refractivity contribution < 1.29 is 0 Å². The van der Waals surface area contributed by atoms with Crippen molar-refractivity contribution >= 4 is 34.5 Å². The van der Waals surface area contributed by atoms with E-state index < -0.39 is 0 Å². The quantitative estimate of drug-likeness (QED) is 0.839. The molecule has 1 aromatic carbocycles. The Morgan fingerprint density at radius 3 is 2.52 bits per heavy atom. The highest BCUT2D eigenvalue weighted by Gasteiger charge is 2.23. The monoisotopic (exact) mass is 342 g/mol. The molecule has 5 heteroatoms. The molecule has 0 aliphatic carbocycles. The van der Waals surface area contributed by atoms with E-state index in [4.69, 9.17) is 28.2 Å². The molecule has 0 spiro atoms. The van der Waals surface area contributed by atoms with Gasteiger partial charge in [-0.25, -0.2) is 4.98 Å². The van der Waals surface area contributed by atoms with Crippen LogP contribution in [0.5, 0.6) is 0 Å². The van der Waals surface area contributed by atoms with Crippen LogP contribution < -0.4 is 5.32 Å². The highest BCUT2D eigenvalue weighted by Crippen LogP contribution is 2.32. The summed E-state index contributed by atoms with van der Waals surface area (Å²) in [5, 5.41) is 5.67. The summed E-state index contributed by atoms with van der Waals surface area (Å²) < 4.78 is 0. The normalized spacial score (nSPS) is 11.9. The topological polar surface area (TPSA) is 24.9 Å². The summed E-state index contributed by atoms with van der Waals surface area (Å²) in [6.45, 7) is 7.43. The summed E-state index contributed by atoms with van der Waals surface area (Å²) in [6.07, 6.45) is 0.744. The molecule has 0 aliphatic heterocycles. The number of aromatic nitrogens is 1. The van der Waals surface area contributed by atoms with Crippen LogP contribution in [0.1, 0.15) is 41.9 Å². The Labute approximate surface area is 140 Å². The second-order valence-corrected chi connectivity index (χ2v) is 8.08. The Morgan fingerprint density at radius 2 is 1.95 bits per heavy atom. The van der Waals surface area contributed by atoms with Gasteiger partial charge in [-0.1, -0.05) is 50.0 Å². The minimum absolute atomic E-state index is 0.0464. The van der Waals surface area contributed by atoms with E-state index in [1.807, 2.05) is 19.2 Å². The van der Waals surface area contributed by atoms with Crippen LogP contribution in [-0.2, 0) is 18.4 Å². The van der Waals surface area contributed by atoms with Crippen molar-refractivity contribution in [1.82, 2.24) is 10.3 Å². The molecule has 0 bridgehead atoms. The highest BCUT2D eigenvalue weighted by atomic mass is 35.5. The number of nitrogens with one attached hydrogen (secondary N) is 1. The summed E-state index contributed by atoms with van der Waals surface area (Å²) in [5.41, 5.74) is 2.28. The molecular formula is C16H20Cl2N2S. The second-order valence-electron chi connectivity index (χ2n) is 6.07. The Morgan fingerprint density at radius 1 is 1.24 bits per heavy atom. The third-order valence-corrected chi connectivity index (χ3v) is 4.79. The van der Waals surface area contributed by atoms with Gasteiger partial charge in [0.05, 0.1) is 10.7 Å². The molecule has 21 heavy (non-hydrogen) atoms. The first-order valence-electron chi connectivity index (χ1n) is 6.89. The molecule has 0 saturated heterocycles. The number of halogens is 2. The van der Waals surface area contributed by atoms with Gasteiger partial charge >= 0.3 is 0 Å². The molecule has 1 heterocycles. The van der Waals surface area contributed by atoms with E-state index >= 15 is 0 Å². The largest absolute Gasteiger partial charge is 0.315 e. The maximum atomic E-state index is 6.26. The van der Waals surface area contributed by atoms with Gasteiger partial charge in [-0.2, -0.15) is 0 Å². The van der Waals surface area contributed by atoms with Crippen molar-refractivity contribution in [3.8, 4) is 0 Å². The van der Waals surface area contributed by atoms with Gasteiger partial charge in [-0.15, -0.1) is 11.3 Å². The van der Waals surface area contributed by atoms with Crippen LogP contribution in [0.2, 0.25) is 10.0 Å². The summed E-state index contributed by atoms with van der Waals surface area (Å²) in [4.78, 5) is 6.14. The molecule has 114 valence electrons. The van der Waals surface area contributed by atoms with Crippen LogP contribution in [-0.4, -0.2) is 12.0 Å². The second kappa shape index (κ2) is 6.66. The molecule has 0 saturated carbocycles. The van der Waals surface area contributed by atoms with E-state index in [0.717, 1.165) is 23.5 Å². The van der Waals surface area contributed by atoms with Crippen molar-refractivity contribution in [2.45, 2.75) is 39.2 Å². The van der Waals surface area contributed by atoms with Gasteiger partial charge in [-0.3, -0.25) is 0 Å². The van der Waals surface area contributed by atoms with Crippen molar-refractivity contribution in [1.29, 1.82) is 0 Å². The fourth-order valence-corrected chi connectivity index (χ4v) is 3.96. The number of rotatable bonds is 4. The van der Waals surface area contributed by atoms with Crippen LogP contribution in [0.25, 0.3) is 0 Å². The molecule has 0 atom stereocenters. The standard InChI is InChI=1S/C16H20Cl2N2S/c1-16(2,3)15-13(9-19-4)21-14(20-15)7-10-5-6-11(17)8-12(10)18/h5-6,8,19H,7,9H2,1-4H3. The summed E-state index contributed by atoms with van der Waals surface area (Å²) in [7, 11) is 1.96. The predicted octanol–water partition coefficient (Wildman–Crippen LogP) is 5.06. The Kier molecular flexibility index (Phi) is 5.31. The van der Waals surface area contributed by atoms with E-state index in [1.165, 1.54) is 10.6 Å². The number of thiazole rings is 1. The SMILES string of the molecule is CNCc1sc(Cc2ccc(Cl)cc2Cl)nc1C(C)(C)C. The van der Waals surface area contributed by atoms with Crippen LogP contribution in [0.4, 0.5) is 0 Å². The first kappa shape index (κ1) is 16.8. The Balaban J connectivity index is 2.32. The lowest BCUT2D eigenvalue weighted by atomic mass is 9.91. The Hall–Kier alpha value is -0.610. The lowest BCUT2D eigenvalue weighted by Gasteiger charge is -2.17. The van der Waals surface area contributed by atoms with Gasteiger partial charge in [0.25, 0.3) is 0 Å². The Bertz CT molecular complexity index is 630. The van der Waals surface area contributed by atoms with Crippen LogP contribution in [0.15, 0.2) is 18.2 Å². The zero-order valence-electron chi connectivity index (χ0n) is 12.8. The van der Waals surface area contributed by atoms with Gasteiger partial charge < -0.3 is 5.32 Å². The molecular weight excluding hydrogens is 323 g/mol. The van der Waals surface area contributed by atoms with E-state index in [9.17, 15) is 0 Å². The maximum Gasteiger partial charge on any atom is 0.0976 e. The number of hydrogen-bond donors (Lipinski definition) is 1. The first-order chi connectivity index (χ1) is 9.81. The van der Waals surface area contributed by atoms with Crippen molar-refractivity contribution in [3.63, 3.8) is 0 Å². The number of nitrogens with zero attached hydrogens (tertiary/aromatic N) is 1. The van der Waals surface area contributed by atoms with Gasteiger partial charge in [0.15, 0.2) is 0 Å². The predicted molar refractivity (Wildman–Crippen MR) is 92.8 cm³/mol. The zero-order valence-corrected chi connectivity index (χ0v) is 15.1. The molecule has 0 fully saturated rings. The minimum atomic E-state index is 0.0464. The molecule has 0 unspecified atom stereocenters. The van der Waals surface area contributed by atoms with Gasteiger partial charge in [0.1, 0.15) is 0 Å². The summed E-state index contributed by atoms with van der Waals surface area (Å²) >= 11 is 14.0. The van der Waals surface area contributed by atoms with Gasteiger partial charge in [0, 0.05) is 33.3 Å². The number of hydrogen-bond acceptors (Lipinski definition) is 3. The minimum Gasteiger partial charge on any atom is -0.315 e. The third-order valence-electron chi connectivity index (χ3n) is 3.15. The first-order valence-corrected chi connectivity index (χ1v) is 8.46. The average Bonchev–Trinajstić information content (AvgIpc) is 2.76. The van der Waals surface area contributed by atoms with Crippen LogP contribution in [0, 0.1) is 0 Å². The molecule has 2 aromatic rings. The maximum absolute atomic E-state index is 6.26. The zero-order chi connectivity index (χ0) is 15.6. The van der Waals surface area contributed by atoms with E-state index in [1.54, 1.807) is 17.4 Å². The fraction of sp³-hybridized carbons (Fsp3) is 0.438. The summed E-state index contributed by atoms with van der Waals surface area (Å²) in [6, 6.07) is 5.63. The summed E-state index contributed by atoms with van der Waals surface area (Å²) in [5.74, 6) is 0. The van der Waals surface area contributed by atoms with E-state index in [0.29, 0.717) is 10.0 Å². The van der Waals surface area contributed by atoms with Crippen molar-refractivity contribution in [2.75, 3.05) is 7.05 Å². The van der Waals surface area contributed by atoms with Crippen molar-refractivity contribution in [3.05, 3.63) is 49.4 Å². The average molecular weight is 343 g/mol. The fourth-order valence-electron chi connectivity index (χ4n) is 2.17. The lowest BCUT2D eigenvalue weighted by molar-refractivity contribution is 0.561. The van der Waals surface area contributed by atoms with Crippen LogP contribution in [0.3, 0.4) is 0 Å². The lowest BCUT2D eigenvalue weighted by Crippen LogP contribution is -2.16. The molecule has 1 N–H and O–H groups in total. The number of benzene rings is 1. The van der Waals surface area contributed by atoms with Crippen molar-refractivity contribution in [2.24, 2.45) is 0 Å². The molecule has 0 amide bonds. The highest BCUT2D eigenvalue weighted by molar-refractivity contribution is 7.11.